The number of hydrogen-bond acceptors (Lipinski definition) is 3. The second-order valence-electron chi connectivity index (χ2n) is 9.83. The summed E-state index contributed by atoms with van der Waals surface area (Å²) in [7, 11) is 0. The summed E-state index contributed by atoms with van der Waals surface area (Å²) in [6.45, 7) is 13.2. The zero-order valence-electron chi connectivity index (χ0n) is 21.5. The first-order valence-electron chi connectivity index (χ1n) is 12.3. The van der Waals surface area contributed by atoms with Gasteiger partial charge in [0.2, 0.25) is 5.91 Å². The fourth-order valence-electron chi connectivity index (χ4n) is 3.12. The third-order valence-corrected chi connectivity index (χ3v) is 5.99. The molecule has 4 nitrogen and oxygen atoms in total. The molecule has 0 aliphatic heterocycles. The normalized spacial score (nSPS) is 12.1. The fraction of sp³-hybridized carbons (Fsp3) is 0.483. The van der Waals surface area contributed by atoms with E-state index in [1.165, 1.54) is 18.2 Å². The van der Waals surface area contributed by atoms with Crippen LogP contribution in [0, 0.1) is 5.82 Å². The molecule has 0 bridgehead atoms. The summed E-state index contributed by atoms with van der Waals surface area (Å²) in [6.07, 6.45) is 7.60. The first kappa shape index (κ1) is 27.4. The number of halogens is 1. The van der Waals surface area contributed by atoms with Gasteiger partial charge in [-0.1, -0.05) is 32.0 Å². The van der Waals surface area contributed by atoms with E-state index in [1.54, 1.807) is 18.2 Å². The molecule has 2 aromatic rings. The monoisotopic (exact) mass is 469 g/mol. The molecule has 2 aromatic carbocycles. The van der Waals surface area contributed by atoms with E-state index in [4.69, 9.17) is 9.47 Å². The molecule has 186 valence electrons. The van der Waals surface area contributed by atoms with Crippen molar-refractivity contribution in [1.29, 1.82) is 0 Å². The molecule has 0 radical (unpaired) electrons. The Hall–Kier alpha value is -2.82. The van der Waals surface area contributed by atoms with Crippen molar-refractivity contribution < 1.29 is 18.7 Å². The minimum atomic E-state index is -0.291. The number of amides is 1. The number of benzene rings is 2. The van der Waals surface area contributed by atoms with Crippen molar-refractivity contribution in [2.75, 3.05) is 6.54 Å². The lowest BCUT2D eigenvalue weighted by atomic mass is 10.0. The van der Waals surface area contributed by atoms with Crippen LogP contribution in [0.2, 0.25) is 0 Å². The number of carbonyl (C=O) groups excluding carboxylic acids is 1. The first-order valence-corrected chi connectivity index (χ1v) is 12.3. The molecule has 2 rings (SSSR count). The van der Waals surface area contributed by atoms with Crippen molar-refractivity contribution >= 4 is 12.0 Å². The smallest absolute Gasteiger partial charge is 0.243 e. The van der Waals surface area contributed by atoms with Crippen LogP contribution in [0.3, 0.4) is 0 Å². The van der Waals surface area contributed by atoms with E-state index in [0.29, 0.717) is 6.54 Å². The highest BCUT2D eigenvalue weighted by Gasteiger charge is 2.21. The van der Waals surface area contributed by atoms with Gasteiger partial charge in [-0.05, 0) is 95.2 Å². The quantitative estimate of drug-likeness (QED) is 0.251. The molecule has 0 saturated carbocycles. The van der Waals surface area contributed by atoms with Crippen LogP contribution in [-0.2, 0) is 11.2 Å². The van der Waals surface area contributed by atoms with Gasteiger partial charge in [0.15, 0.2) is 0 Å². The van der Waals surface area contributed by atoms with E-state index in [9.17, 15) is 9.18 Å². The molecular weight excluding hydrogens is 429 g/mol. The van der Waals surface area contributed by atoms with Gasteiger partial charge in [-0.25, -0.2) is 4.39 Å². The summed E-state index contributed by atoms with van der Waals surface area (Å²) in [5, 5.41) is 2.90. The summed E-state index contributed by atoms with van der Waals surface area (Å²) in [6, 6.07) is 12.1. The summed E-state index contributed by atoms with van der Waals surface area (Å²) < 4.78 is 25.5. The standard InChI is InChI=1S/C29H40FNO3/c1-7-28(3,4)33-25-18-15-23(26(21-25)34-29(5,6)8-2)11-9-10-20-31-27(32)19-14-22-12-16-24(30)17-13-22/h12-19,21H,7-11,20H2,1-6H3,(H,31,32)/b19-14+. The van der Waals surface area contributed by atoms with E-state index in [-0.39, 0.29) is 22.9 Å². The van der Waals surface area contributed by atoms with Crippen LogP contribution < -0.4 is 14.8 Å². The van der Waals surface area contributed by atoms with Gasteiger partial charge in [-0.2, -0.15) is 0 Å². The van der Waals surface area contributed by atoms with Crippen molar-refractivity contribution in [3.63, 3.8) is 0 Å². The second kappa shape index (κ2) is 12.6. The van der Waals surface area contributed by atoms with Crippen molar-refractivity contribution in [1.82, 2.24) is 5.32 Å². The van der Waals surface area contributed by atoms with Gasteiger partial charge < -0.3 is 14.8 Å². The topological polar surface area (TPSA) is 47.6 Å². The van der Waals surface area contributed by atoms with Crippen LogP contribution >= 0.6 is 0 Å². The van der Waals surface area contributed by atoms with Gasteiger partial charge in [-0.3, -0.25) is 4.79 Å². The highest BCUT2D eigenvalue weighted by Crippen LogP contribution is 2.32. The SMILES string of the molecule is CCC(C)(C)Oc1ccc(CCCCNC(=O)/C=C/c2ccc(F)cc2)c(OC(C)(C)CC)c1. The molecule has 0 unspecified atom stereocenters. The molecule has 0 heterocycles. The van der Waals surface area contributed by atoms with Crippen LogP contribution in [0.4, 0.5) is 4.39 Å². The Labute approximate surface area is 204 Å². The Morgan fingerprint density at radius 1 is 0.941 bits per heavy atom. The molecule has 34 heavy (non-hydrogen) atoms. The molecule has 0 atom stereocenters. The van der Waals surface area contributed by atoms with E-state index in [0.717, 1.165) is 54.7 Å². The molecule has 5 heteroatoms. The van der Waals surface area contributed by atoms with E-state index in [1.807, 2.05) is 12.1 Å². The molecule has 1 N–H and O–H groups in total. The van der Waals surface area contributed by atoms with Crippen molar-refractivity contribution in [3.05, 3.63) is 65.5 Å². The van der Waals surface area contributed by atoms with Crippen molar-refractivity contribution in [2.24, 2.45) is 0 Å². The number of aryl methyl sites for hydroxylation is 1. The zero-order chi connectivity index (χ0) is 25.2. The summed E-state index contributed by atoms with van der Waals surface area (Å²) in [5.41, 5.74) is 1.43. The third-order valence-electron chi connectivity index (χ3n) is 5.99. The number of rotatable bonds is 13. The van der Waals surface area contributed by atoms with Crippen LogP contribution in [0.25, 0.3) is 6.08 Å². The Morgan fingerprint density at radius 3 is 2.24 bits per heavy atom. The van der Waals surface area contributed by atoms with Crippen molar-refractivity contribution in [3.8, 4) is 11.5 Å². The molecular formula is C29H40FNO3. The number of hydrogen-bond donors (Lipinski definition) is 1. The lowest BCUT2D eigenvalue weighted by Gasteiger charge is -2.29. The van der Waals surface area contributed by atoms with E-state index < -0.39 is 0 Å². The van der Waals surface area contributed by atoms with Gasteiger partial charge in [0, 0.05) is 18.7 Å². The maximum absolute atomic E-state index is 13.0. The lowest BCUT2D eigenvalue weighted by Crippen LogP contribution is -2.28. The predicted molar refractivity (Wildman–Crippen MR) is 138 cm³/mol. The molecule has 0 saturated heterocycles. The van der Waals surface area contributed by atoms with Gasteiger partial charge >= 0.3 is 0 Å². The Bertz CT molecular complexity index is 948. The highest BCUT2D eigenvalue weighted by atomic mass is 19.1. The molecule has 0 aliphatic carbocycles. The van der Waals surface area contributed by atoms with Crippen LogP contribution in [0.5, 0.6) is 11.5 Å². The second-order valence-corrected chi connectivity index (χ2v) is 9.83. The summed E-state index contributed by atoms with van der Waals surface area (Å²) >= 11 is 0. The highest BCUT2D eigenvalue weighted by molar-refractivity contribution is 5.91. The van der Waals surface area contributed by atoms with E-state index in [2.05, 4.69) is 52.9 Å². The van der Waals surface area contributed by atoms with Crippen molar-refractivity contribution in [2.45, 2.75) is 84.8 Å². The Kier molecular flexibility index (Phi) is 10.2. The number of unbranched alkanes of at least 4 members (excludes halogenated alkanes) is 1. The molecule has 0 aromatic heterocycles. The Balaban J connectivity index is 1.90. The van der Waals surface area contributed by atoms with Gasteiger partial charge in [0.1, 0.15) is 28.5 Å². The van der Waals surface area contributed by atoms with Crippen LogP contribution in [0.15, 0.2) is 48.5 Å². The number of carbonyl (C=O) groups is 1. The average Bonchev–Trinajstić information content (AvgIpc) is 2.79. The molecule has 0 fully saturated rings. The maximum atomic E-state index is 13.0. The summed E-state index contributed by atoms with van der Waals surface area (Å²) in [4.78, 5) is 12.0. The van der Waals surface area contributed by atoms with E-state index >= 15 is 0 Å². The van der Waals surface area contributed by atoms with Crippen LogP contribution in [0.1, 0.15) is 78.4 Å². The predicted octanol–water partition coefficient (Wildman–Crippen LogP) is 7.11. The molecule has 0 spiro atoms. The molecule has 1 amide bonds. The molecule has 0 aliphatic rings. The lowest BCUT2D eigenvalue weighted by molar-refractivity contribution is -0.116. The average molecular weight is 470 g/mol. The summed E-state index contributed by atoms with van der Waals surface area (Å²) in [5.74, 6) is 1.23. The minimum absolute atomic E-state index is 0.155. The maximum Gasteiger partial charge on any atom is 0.243 e. The van der Waals surface area contributed by atoms with Gasteiger partial charge in [-0.15, -0.1) is 0 Å². The zero-order valence-corrected chi connectivity index (χ0v) is 21.5. The third kappa shape index (κ3) is 9.58. The minimum Gasteiger partial charge on any atom is -0.488 e. The fourth-order valence-corrected chi connectivity index (χ4v) is 3.12. The van der Waals surface area contributed by atoms with Crippen LogP contribution in [-0.4, -0.2) is 23.7 Å². The first-order chi connectivity index (χ1) is 16.0. The largest absolute Gasteiger partial charge is 0.488 e. The van der Waals surface area contributed by atoms with Gasteiger partial charge in [0.25, 0.3) is 0 Å². The number of ether oxygens (including phenoxy) is 2. The Morgan fingerprint density at radius 2 is 1.59 bits per heavy atom. The number of nitrogens with one attached hydrogen (secondary N) is 1. The van der Waals surface area contributed by atoms with Gasteiger partial charge in [0.05, 0.1) is 0 Å².